The first kappa shape index (κ1) is 13.1. The summed E-state index contributed by atoms with van der Waals surface area (Å²) >= 11 is 0. The van der Waals surface area contributed by atoms with Crippen LogP contribution >= 0.6 is 0 Å². The van der Waals surface area contributed by atoms with Gasteiger partial charge in [-0.2, -0.15) is 12.7 Å². The van der Waals surface area contributed by atoms with Gasteiger partial charge in [-0.1, -0.05) is 18.2 Å². The van der Waals surface area contributed by atoms with Crippen LogP contribution in [0.3, 0.4) is 0 Å². The molecule has 1 N–H and O–H groups in total. The van der Waals surface area contributed by atoms with Crippen molar-refractivity contribution in [1.82, 2.24) is 9.03 Å². The summed E-state index contributed by atoms with van der Waals surface area (Å²) in [4.78, 5) is 12.0. The number of fused-ring (bicyclic) bond motifs is 1. The van der Waals surface area contributed by atoms with Gasteiger partial charge >= 0.3 is 16.1 Å². The van der Waals surface area contributed by atoms with E-state index in [1.807, 2.05) is 10.8 Å². The van der Waals surface area contributed by atoms with Gasteiger partial charge in [0.15, 0.2) is 5.76 Å². The fraction of sp³-hybridized carbons (Fsp3) is 0.308. The van der Waals surface area contributed by atoms with Crippen molar-refractivity contribution < 1.29 is 17.6 Å². The van der Waals surface area contributed by atoms with E-state index in [-0.39, 0.29) is 5.76 Å². The second kappa shape index (κ2) is 4.92. The number of nitrogens with one attached hydrogen (secondary N) is 1. The molecule has 106 valence electrons. The molecule has 0 bridgehead atoms. The van der Waals surface area contributed by atoms with Crippen molar-refractivity contribution >= 4 is 27.1 Å². The molecule has 0 radical (unpaired) electrons. The Morgan fingerprint density at radius 3 is 2.60 bits per heavy atom. The average Bonchev–Trinajstić information content (AvgIpc) is 3.07. The van der Waals surface area contributed by atoms with Crippen LogP contribution in [0.2, 0.25) is 0 Å². The van der Waals surface area contributed by atoms with Crippen molar-refractivity contribution in [2.45, 2.75) is 12.8 Å². The smallest absolute Gasteiger partial charge is 0.304 e. The third kappa shape index (κ3) is 2.41. The molecular weight excluding hydrogens is 280 g/mol. The van der Waals surface area contributed by atoms with E-state index < -0.39 is 16.1 Å². The summed E-state index contributed by atoms with van der Waals surface area (Å²) in [6, 6.07) is 8.66. The minimum atomic E-state index is -3.77. The van der Waals surface area contributed by atoms with E-state index in [1.165, 1.54) is 10.4 Å². The molecule has 1 aromatic carbocycles. The Morgan fingerprint density at radius 1 is 1.20 bits per heavy atom. The normalized spacial score (nSPS) is 16.6. The molecule has 1 fully saturated rings. The molecule has 7 heteroatoms. The summed E-state index contributed by atoms with van der Waals surface area (Å²) in [5.74, 6) is -0.748. The maximum atomic E-state index is 12.0. The van der Waals surface area contributed by atoms with Gasteiger partial charge in [0.1, 0.15) is 5.58 Å². The number of carbonyl (C=O) groups is 1. The summed E-state index contributed by atoms with van der Waals surface area (Å²) in [6.45, 7) is 0.894. The molecule has 1 aromatic heterocycles. The zero-order chi connectivity index (χ0) is 14.2. The lowest BCUT2D eigenvalue weighted by atomic mass is 10.2. The van der Waals surface area contributed by atoms with E-state index in [0.717, 1.165) is 18.2 Å². The van der Waals surface area contributed by atoms with Crippen LogP contribution in [0, 0.1) is 0 Å². The third-order valence-electron chi connectivity index (χ3n) is 3.28. The standard InChI is InChI=1S/C13H14N2O4S/c16-13(14-20(17,18)15-7-3-4-8-15)12-9-10-5-1-2-6-11(10)19-12/h1-2,5-6,9H,3-4,7-8H2,(H,14,16). The van der Waals surface area contributed by atoms with E-state index in [9.17, 15) is 13.2 Å². The Bertz CT molecular complexity index is 712. The van der Waals surface area contributed by atoms with Crippen molar-refractivity contribution in [3.63, 3.8) is 0 Å². The Balaban J connectivity index is 1.82. The predicted molar refractivity (Wildman–Crippen MR) is 73.4 cm³/mol. The molecule has 0 aliphatic carbocycles. The molecule has 1 saturated heterocycles. The lowest BCUT2D eigenvalue weighted by Crippen LogP contribution is -2.41. The van der Waals surface area contributed by atoms with Crippen LogP contribution in [-0.4, -0.2) is 31.7 Å². The van der Waals surface area contributed by atoms with Gasteiger partial charge in [0.2, 0.25) is 0 Å². The van der Waals surface area contributed by atoms with Gasteiger partial charge in [0.25, 0.3) is 0 Å². The number of para-hydroxylation sites is 1. The number of hydrogen-bond donors (Lipinski definition) is 1. The van der Waals surface area contributed by atoms with Crippen molar-refractivity contribution in [2.24, 2.45) is 0 Å². The number of furan rings is 1. The minimum absolute atomic E-state index is 0.00558. The molecule has 0 unspecified atom stereocenters. The average molecular weight is 294 g/mol. The first-order chi connectivity index (χ1) is 9.56. The van der Waals surface area contributed by atoms with Gasteiger partial charge < -0.3 is 4.42 Å². The van der Waals surface area contributed by atoms with Gasteiger partial charge in [0.05, 0.1) is 0 Å². The highest BCUT2D eigenvalue weighted by atomic mass is 32.2. The highest BCUT2D eigenvalue weighted by Crippen LogP contribution is 2.19. The molecule has 20 heavy (non-hydrogen) atoms. The van der Waals surface area contributed by atoms with Crippen LogP contribution in [0.4, 0.5) is 0 Å². The fourth-order valence-electron chi connectivity index (χ4n) is 2.25. The molecule has 3 rings (SSSR count). The lowest BCUT2D eigenvalue weighted by molar-refractivity contribution is 0.0954. The number of amides is 1. The van der Waals surface area contributed by atoms with E-state index in [0.29, 0.717) is 18.7 Å². The Kier molecular flexibility index (Phi) is 3.23. The molecule has 2 aromatic rings. The lowest BCUT2D eigenvalue weighted by Gasteiger charge is -2.14. The van der Waals surface area contributed by atoms with Crippen molar-refractivity contribution in [3.05, 3.63) is 36.1 Å². The third-order valence-corrected chi connectivity index (χ3v) is 4.76. The van der Waals surface area contributed by atoms with Crippen LogP contribution < -0.4 is 4.72 Å². The summed E-state index contributed by atoms with van der Waals surface area (Å²) in [5, 5.41) is 0.760. The first-order valence-electron chi connectivity index (χ1n) is 6.37. The van der Waals surface area contributed by atoms with Gasteiger partial charge in [0, 0.05) is 18.5 Å². The maximum absolute atomic E-state index is 12.0. The van der Waals surface area contributed by atoms with Crippen molar-refractivity contribution in [2.75, 3.05) is 13.1 Å². The number of hydrogen-bond acceptors (Lipinski definition) is 4. The van der Waals surface area contributed by atoms with Gasteiger partial charge in [-0.3, -0.25) is 4.79 Å². The maximum Gasteiger partial charge on any atom is 0.304 e. The molecule has 1 aliphatic heterocycles. The highest BCUT2D eigenvalue weighted by Gasteiger charge is 2.28. The minimum Gasteiger partial charge on any atom is -0.451 e. The largest absolute Gasteiger partial charge is 0.451 e. The van der Waals surface area contributed by atoms with Crippen LogP contribution in [0.15, 0.2) is 34.7 Å². The molecule has 1 aliphatic rings. The van der Waals surface area contributed by atoms with Gasteiger partial charge in [-0.15, -0.1) is 0 Å². The predicted octanol–water partition coefficient (Wildman–Crippen LogP) is 1.50. The second-order valence-electron chi connectivity index (χ2n) is 4.69. The number of nitrogens with zero attached hydrogens (tertiary/aromatic N) is 1. The van der Waals surface area contributed by atoms with Crippen LogP contribution in [-0.2, 0) is 10.2 Å². The van der Waals surface area contributed by atoms with Gasteiger partial charge in [-0.25, -0.2) is 4.72 Å². The quantitative estimate of drug-likeness (QED) is 0.930. The van der Waals surface area contributed by atoms with E-state index in [1.54, 1.807) is 18.2 Å². The van der Waals surface area contributed by atoms with E-state index in [4.69, 9.17) is 4.42 Å². The molecule has 0 spiro atoms. The SMILES string of the molecule is O=C(NS(=O)(=O)N1CCCC1)c1cc2ccccc2o1. The monoisotopic (exact) mass is 294 g/mol. The second-order valence-corrected chi connectivity index (χ2v) is 6.36. The molecule has 0 saturated carbocycles. The zero-order valence-electron chi connectivity index (χ0n) is 10.7. The van der Waals surface area contributed by atoms with Crippen molar-refractivity contribution in [1.29, 1.82) is 0 Å². The van der Waals surface area contributed by atoms with E-state index in [2.05, 4.69) is 0 Å². The number of carbonyl (C=O) groups excluding carboxylic acids is 1. The van der Waals surface area contributed by atoms with Crippen LogP contribution in [0.5, 0.6) is 0 Å². The zero-order valence-corrected chi connectivity index (χ0v) is 11.5. The molecule has 0 atom stereocenters. The molecular formula is C13H14N2O4S. The highest BCUT2D eigenvalue weighted by molar-refractivity contribution is 7.87. The number of rotatable bonds is 3. The van der Waals surface area contributed by atoms with Crippen LogP contribution in [0.1, 0.15) is 23.4 Å². The van der Waals surface area contributed by atoms with E-state index >= 15 is 0 Å². The Hall–Kier alpha value is -1.86. The summed E-state index contributed by atoms with van der Waals surface area (Å²) < 4.78 is 32.6. The Labute approximate surface area is 116 Å². The summed E-state index contributed by atoms with van der Waals surface area (Å²) in [6.07, 6.45) is 1.64. The van der Waals surface area contributed by atoms with Crippen LogP contribution in [0.25, 0.3) is 11.0 Å². The fourth-order valence-corrected chi connectivity index (χ4v) is 3.46. The summed E-state index contributed by atoms with van der Waals surface area (Å²) in [7, 11) is -3.77. The van der Waals surface area contributed by atoms with Crippen molar-refractivity contribution in [3.8, 4) is 0 Å². The molecule has 1 amide bonds. The molecule has 2 heterocycles. The topological polar surface area (TPSA) is 79.6 Å². The molecule has 6 nitrogen and oxygen atoms in total. The Morgan fingerprint density at radius 2 is 1.90 bits per heavy atom. The first-order valence-corrected chi connectivity index (χ1v) is 7.81. The van der Waals surface area contributed by atoms with Gasteiger partial charge in [-0.05, 0) is 25.0 Å². The summed E-state index contributed by atoms with van der Waals surface area (Å²) in [5.41, 5.74) is 0.552. The number of benzene rings is 1.